The van der Waals surface area contributed by atoms with Gasteiger partial charge in [0.1, 0.15) is 10.4 Å². The largest absolute Gasteiger partial charge is 0.416 e. The summed E-state index contributed by atoms with van der Waals surface area (Å²) in [6, 6.07) is 3.39. The Bertz CT molecular complexity index is 1550. The number of carbonyl (C=O) groups is 1. The second-order valence-corrected chi connectivity index (χ2v) is 9.74. The van der Waals surface area contributed by atoms with Gasteiger partial charge in [-0.15, -0.1) is 11.3 Å². The Morgan fingerprint density at radius 1 is 1.25 bits per heavy atom. The Morgan fingerprint density at radius 2 is 2.03 bits per heavy atom. The minimum Gasteiger partial charge on any atom is -0.351 e. The van der Waals surface area contributed by atoms with Crippen LogP contribution in [0.1, 0.15) is 47.9 Å². The number of rotatable bonds is 6. The number of halogens is 3. The minimum absolute atomic E-state index is 0.0722. The standard InChI is InChI=1S/C25H24F3N5O2S/c1-2-3-6-19-30-14-16-21(34)20(23(35)29-9-12-32-10-4-5-11-32)24-33(22(16)31-19)17-13-15(25(26,27)28)7-8-18(17)36-24/h3,6-8,13-14H,2,4-5,9-12H2,1H3,(H,29,35)/b6-3+. The van der Waals surface area contributed by atoms with Crippen LogP contribution in [0.15, 0.2) is 35.3 Å². The van der Waals surface area contributed by atoms with E-state index < -0.39 is 23.1 Å². The number of nitrogens with zero attached hydrogens (tertiary/aromatic N) is 4. The highest BCUT2D eigenvalue weighted by atomic mass is 32.1. The molecule has 1 aliphatic rings. The molecule has 7 nitrogen and oxygen atoms in total. The second kappa shape index (κ2) is 9.62. The van der Waals surface area contributed by atoms with E-state index in [4.69, 9.17) is 0 Å². The number of fused-ring (bicyclic) bond motifs is 5. The van der Waals surface area contributed by atoms with Crippen LogP contribution in [-0.2, 0) is 6.18 Å². The summed E-state index contributed by atoms with van der Waals surface area (Å²) in [4.78, 5) is 37.9. The first-order chi connectivity index (χ1) is 17.3. The summed E-state index contributed by atoms with van der Waals surface area (Å²) in [5.41, 5.74) is -1.08. The van der Waals surface area contributed by atoms with Crippen molar-refractivity contribution in [2.45, 2.75) is 32.4 Å². The summed E-state index contributed by atoms with van der Waals surface area (Å²) in [6.07, 6.45) is 3.31. The topological polar surface area (TPSA) is 79.6 Å². The first-order valence-corrected chi connectivity index (χ1v) is 12.6. The molecule has 1 amide bonds. The van der Waals surface area contributed by atoms with Crippen molar-refractivity contribution in [3.63, 3.8) is 0 Å². The molecule has 0 atom stereocenters. The molecule has 1 fully saturated rings. The SMILES string of the molecule is CC/C=C/c1ncc2c(=O)c(C(=O)NCCN3CCCC3)c3sc4ccc(C(F)(F)F)cc4n3c2n1. The first-order valence-electron chi connectivity index (χ1n) is 11.8. The number of allylic oxidation sites excluding steroid dienone is 1. The molecule has 4 heterocycles. The van der Waals surface area contributed by atoms with Crippen LogP contribution in [0.3, 0.4) is 0 Å². The highest BCUT2D eigenvalue weighted by Gasteiger charge is 2.31. The van der Waals surface area contributed by atoms with E-state index in [2.05, 4.69) is 20.2 Å². The molecule has 5 rings (SSSR count). The van der Waals surface area contributed by atoms with Gasteiger partial charge < -0.3 is 10.2 Å². The van der Waals surface area contributed by atoms with Gasteiger partial charge >= 0.3 is 6.18 Å². The third-order valence-corrected chi connectivity index (χ3v) is 7.41. The van der Waals surface area contributed by atoms with Crippen molar-refractivity contribution in [2.75, 3.05) is 26.2 Å². The molecular formula is C25H24F3N5O2S. The average Bonchev–Trinajstić information content (AvgIpc) is 3.49. The number of alkyl halides is 3. The molecule has 0 saturated carbocycles. The van der Waals surface area contributed by atoms with E-state index in [-0.39, 0.29) is 26.9 Å². The molecule has 0 bridgehead atoms. The van der Waals surface area contributed by atoms with Crippen molar-refractivity contribution in [2.24, 2.45) is 0 Å². The van der Waals surface area contributed by atoms with Crippen LogP contribution in [0.2, 0.25) is 0 Å². The summed E-state index contributed by atoms with van der Waals surface area (Å²) in [5.74, 6) is -0.233. The highest BCUT2D eigenvalue weighted by Crippen LogP contribution is 2.36. The van der Waals surface area contributed by atoms with Gasteiger partial charge in [-0.2, -0.15) is 13.2 Å². The Kier molecular flexibility index (Phi) is 6.52. The zero-order valence-electron chi connectivity index (χ0n) is 19.6. The lowest BCUT2D eigenvalue weighted by atomic mass is 10.1. The molecule has 3 aromatic heterocycles. The van der Waals surface area contributed by atoms with Gasteiger partial charge in [0, 0.05) is 19.3 Å². The Balaban J connectivity index is 1.70. The number of carbonyl (C=O) groups excluding carboxylic acids is 1. The van der Waals surface area contributed by atoms with Crippen molar-refractivity contribution in [3.8, 4) is 0 Å². The van der Waals surface area contributed by atoms with Gasteiger partial charge in [0.2, 0.25) is 5.43 Å². The highest BCUT2D eigenvalue weighted by molar-refractivity contribution is 7.24. The molecule has 188 valence electrons. The number of likely N-dealkylation sites (tertiary alicyclic amines) is 1. The number of benzene rings is 1. The Hall–Kier alpha value is -3.31. The fourth-order valence-corrected chi connectivity index (χ4v) is 5.62. The summed E-state index contributed by atoms with van der Waals surface area (Å²) in [5, 5.41) is 2.90. The molecule has 0 spiro atoms. The zero-order valence-corrected chi connectivity index (χ0v) is 20.4. The molecule has 36 heavy (non-hydrogen) atoms. The van der Waals surface area contributed by atoms with E-state index in [1.807, 2.05) is 13.0 Å². The molecule has 1 aliphatic heterocycles. The number of amides is 1. The van der Waals surface area contributed by atoms with Crippen molar-refractivity contribution in [1.82, 2.24) is 24.6 Å². The number of thiazole rings is 1. The summed E-state index contributed by atoms with van der Waals surface area (Å²) in [7, 11) is 0. The third kappa shape index (κ3) is 4.48. The van der Waals surface area contributed by atoms with E-state index in [9.17, 15) is 22.8 Å². The zero-order chi connectivity index (χ0) is 25.4. The monoisotopic (exact) mass is 515 g/mol. The summed E-state index contributed by atoms with van der Waals surface area (Å²) >= 11 is 1.09. The van der Waals surface area contributed by atoms with E-state index in [0.29, 0.717) is 23.6 Å². The van der Waals surface area contributed by atoms with Gasteiger partial charge in [-0.1, -0.05) is 13.0 Å². The molecule has 1 saturated heterocycles. The fraction of sp³-hybridized carbons (Fsp3) is 0.360. The van der Waals surface area contributed by atoms with Crippen LogP contribution in [0.4, 0.5) is 13.2 Å². The Labute approximate surface area is 208 Å². The molecular weight excluding hydrogens is 491 g/mol. The summed E-state index contributed by atoms with van der Waals surface area (Å²) in [6.45, 7) is 4.93. The maximum atomic E-state index is 13.5. The van der Waals surface area contributed by atoms with E-state index >= 15 is 0 Å². The normalized spacial score (nSPS) is 15.1. The second-order valence-electron chi connectivity index (χ2n) is 8.71. The number of nitrogens with one attached hydrogen (secondary N) is 1. The number of aromatic nitrogens is 3. The van der Waals surface area contributed by atoms with Crippen LogP contribution in [0.5, 0.6) is 0 Å². The van der Waals surface area contributed by atoms with Gasteiger partial charge in [-0.3, -0.25) is 14.0 Å². The van der Waals surface area contributed by atoms with Crippen molar-refractivity contribution in [3.05, 3.63) is 57.6 Å². The summed E-state index contributed by atoms with van der Waals surface area (Å²) < 4.78 is 42.5. The van der Waals surface area contributed by atoms with Crippen LogP contribution >= 0.6 is 11.3 Å². The Morgan fingerprint density at radius 3 is 2.75 bits per heavy atom. The van der Waals surface area contributed by atoms with Gasteiger partial charge in [-0.25, -0.2) is 9.97 Å². The van der Waals surface area contributed by atoms with Gasteiger partial charge in [0.05, 0.1) is 21.2 Å². The average molecular weight is 516 g/mol. The predicted octanol–water partition coefficient (Wildman–Crippen LogP) is 4.73. The van der Waals surface area contributed by atoms with Crippen LogP contribution < -0.4 is 10.7 Å². The van der Waals surface area contributed by atoms with E-state index in [1.54, 1.807) is 6.08 Å². The maximum absolute atomic E-state index is 13.5. The number of hydrogen-bond acceptors (Lipinski definition) is 6. The molecule has 0 radical (unpaired) electrons. The number of pyridine rings is 1. The molecule has 1 aromatic carbocycles. The quantitative estimate of drug-likeness (QED) is 0.402. The van der Waals surface area contributed by atoms with E-state index in [1.165, 1.54) is 16.7 Å². The molecule has 0 aliphatic carbocycles. The predicted molar refractivity (Wildman–Crippen MR) is 134 cm³/mol. The first kappa shape index (κ1) is 24.4. The molecule has 1 N–H and O–H groups in total. The fourth-order valence-electron chi connectivity index (χ4n) is 4.46. The van der Waals surface area contributed by atoms with Crippen molar-refractivity contribution < 1.29 is 18.0 Å². The van der Waals surface area contributed by atoms with Crippen molar-refractivity contribution >= 4 is 49.4 Å². The van der Waals surface area contributed by atoms with E-state index in [0.717, 1.165) is 55.8 Å². The lowest BCUT2D eigenvalue weighted by Crippen LogP contribution is -2.35. The smallest absolute Gasteiger partial charge is 0.351 e. The third-order valence-electron chi connectivity index (χ3n) is 6.26. The lowest BCUT2D eigenvalue weighted by Gasteiger charge is -2.15. The van der Waals surface area contributed by atoms with Gasteiger partial charge in [0.25, 0.3) is 5.91 Å². The van der Waals surface area contributed by atoms with Gasteiger partial charge in [-0.05, 0) is 56.6 Å². The maximum Gasteiger partial charge on any atom is 0.416 e. The molecule has 11 heteroatoms. The van der Waals surface area contributed by atoms with Crippen LogP contribution in [-0.4, -0.2) is 51.4 Å². The van der Waals surface area contributed by atoms with Gasteiger partial charge in [0.15, 0.2) is 11.5 Å². The van der Waals surface area contributed by atoms with Crippen LogP contribution in [0.25, 0.3) is 32.2 Å². The van der Waals surface area contributed by atoms with Crippen molar-refractivity contribution in [1.29, 1.82) is 0 Å². The lowest BCUT2D eigenvalue weighted by molar-refractivity contribution is -0.137. The molecule has 0 unspecified atom stereocenters. The van der Waals surface area contributed by atoms with Crippen LogP contribution in [0, 0.1) is 0 Å². The molecule has 4 aromatic rings. The minimum atomic E-state index is -4.54. The number of hydrogen-bond donors (Lipinski definition) is 1.